The Morgan fingerprint density at radius 1 is 1.37 bits per heavy atom. The van der Waals surface area contributed by atoms with E-state index < -0.39 is 0 Å². The quantitative estimate of drug-likeness (QED) is 0.903. The highest BCUT2D eigenvalue weighted by Gasteiger charge is 2.40. The highest BCUT2D eigenvalue weighted by atomic mass is 15.3. The summed E-state index contributed by atoms with van der Waals surface area (Å²) >= 11 is 0. The van der Waals surface area contributed by atoms with Crippen molar-refractivity contribution in [2.75, 3.05) is 13.1 Å². The molecular formula is C16H25N3. The van der Waals surface area contributed by atoms with Crippen molar-refractivity contribution in [1.29, 1.82) is 0 Å². The van der Waals surface area contributed by atoms with Crippen molar-refractivity contribution in [2.45, 2.75) is 51.7 Å². The van der Waals surface area contributed by atoms with E-state index in [1.54, 1.807) is 0 Å². The fraction of sp³-hybridized carbons (Fsp3) is 0.688. The van der Waals surface area contributed by atoms with Crippen LogP contribution in [0.2, 0.25) is 0 Å². The molecule has 1 aromatic rings. The van der Waals surface area contributed by atoms with Gasteiger partial charge in [0.1, 0.15) is 0 Å². The molecule has 0 amide bonds. The van der Waals surface area contributed by atoms with E-state index in [-0.39, 0.29) is 5.54 Å². The summed E-state index contributed by atoms with van der Waals surface area (Å²) in [6.45, 7) is 9.95. The van der Waals surface area contributed by atoms with Crippen LogP contribution in [0.5, 0.6) is 0 Å². The minimum Gasteiger partial charge on any atom is -0.311 e. The summed E-state index contributed by atoms with van der Waals surface area (Å²) in [5.74, 6) is 0.920. The number of nitrogens with zero attached hydrogens (tertiary/aromatic N) is 2. The second-order valence-corrected chi connectivity index (χ2v) is 6.79. The van der Waals surface area contributed by atoms with Crippen LogP contribution in [0.3, 0.4) is 0 Å². The van der Waals surface area contributed by atoms with Crippen molar-refractivity contribution in [3.8, 4) is 0 Å². The predicted octanol–water partition coefficient (Wildman–Crippen LogP) is 2.35. The van der Waals surface area contributed by atoms with Crippen molar-refractivity contribution in [3.63, 3.8) is 0 Å². The SMILES string of the molecule is Cc1cccc(CN2CC(C3CC3)NCC2(C)C)n1. The molecule has 0 radical (unpaired) electrons. The van der Waals surface area contributed by atoms with E-state index in [0.717, 1.165) is 31.2 Å². The largest absolute Gasteiger partial charge is 0.311 e. The van der Waals surface area contributed by atoms with Crippen LogP contribution >= 0.6 is 0 Å². The normalized spacial score (nSPS) is 27.4. The van der Waals surface area contributed by atoms with Crippen LogP contribution in [0.1, 0.15) is 38.1 Å². The van der Waals surface area contributed by atoms with E-state index in [1.807, 2.05) is 0 Å². The van der Waals surface area contributed by atoms with Gasteiger partial charge in [-0.15, -0.1) is 0 Å². The lowest BCUT2D eigenvalue weighted by molar-refractivity contribution is 0.0522. The van der Waals surface area contributed by atoms with Crippen molar-refractivity contribution < 1.29 is 0 Å². The smallest absolute Gasteiger partial charge is 0.0547 e. The number of pyridine rings is 1. The van der Waals surface area contributed by atoms with E-state index in [0.29, 0.717) is 6.04 Å². The molecule has 1 N–H and O–H groups in total. The summed E-state index contributed by atoms with van der Waals surface area (Å²) in [5, 5.41) is 3.74. The number of piperazine rings is 1. The fourth-order valence-corrected chi connectivity index (χ4v) is 3.02. The number of hydrogen-bond donors (Lipinski definition) is 1. The second-order valence-electron chi connectivity index (χ2n) is 6.79. The molecule has 3 heteroatoms. The van der Waals surface area contributed by atoms with Crippen molar-refractivity contribution in [3.05, 3.63) is 29.6 Å². The van der Waals surface area contributed by atoms with Gasteiger partial charge in [-0.2, -0.15) is 0 Å². The lowest BCUT2D eigenvalue weighted by atomic mass is 9.95. The Kier molecular flexibility index (Phi) is 3.35. The summed E-state index contributed by atoms with van der Waals surface area (Å²) in [5.41, 5.74) is 2.53. The van der Waals surface area contributed by atoms with Crippen LogP contribution in [0.15, 0.2) is 18.2 Å². The standard InChI is InChI=1S/C16H25N3/c1-12-5-4-6-14(18-12)9-19-10-15(13-7-8-13)17-11-16(19,2)3/h4-6,13,15,17H,7-11H2,1-3H3. The molecule has 0 bridgehead atoms. The molecule has 1 saturated heterocycles. The van der Waals surface area contributed by atoms with E-state index in [4.69, 9.17) is 0 Å². The van der Waals surface area contributed by atoms with Crippen LogP contribution in [0.25, 0.3) is 0 Å². The molecule has 0 aromatic carbocycles. The van der Waals surface area contributed by atoms with Gasteiger partial charge in [-0.05, 0) is 51.7 Å². The third-order valence-corrected chi connectivity index (χ3v) is 4.56. The third kappa shape index (κ3) is 2.98. The Balaban J connectivity index is 1.72. The van der Waals surface area contributed by atoms with Crippen molar-refractivity contribution in [2.24, 2.45) is 5.92 Å². The Hall–Kier alpha value is -0.930. The first-order valence-electron chi connectivity index (χ1n) is 7.45. The molecule has 1 aliphatic carbocycles. The molecule has 19 heavy (non-hydrogen) atoms. The van der Waals surface area contributed by atoms with Crippen LogP contribution in [-0.2, 0) is 6.54 Å². The zero-order chi connectivity index (χ0) is 13.5. The van der Waals surface area contributed by atoms with E-state index in [2.05, 4.69) is 54.2 Å². The van der Waals surface area contributed by atoms with Crippen LogP contribution in [0.4, 0.5) is 0 Å². The molecule has 3 rings (SSSR count). The number of aromatic nitrogens is 1. The maximum atomic E-state index is 4.66. The Bertz CT molecular complexity index is 451. The Morgan fingerprint density at radius 2 is 2.16 bits per heavy atom. The lowest BCUT2D eigenvalue weighted by Gasteiger charge is -2.46. The van der Waals surface area contributed by atoms with Gasteiger partial charge in [0.05, 0.1) is 5.69 Å². The number of aryl methyl sites for hydroxylation is 1. The van der Waals surface area contributed by atoms with Gasteiger partial charge in [-0.3, -0.25) is 9.88 Å². The van der Waals surface area contributed by atoms with Gasteiger partial charge in [0.2, 0.25) is 0 Å². The van der Waals surface area contributed by atoms with Gasteiger partial charge in [-0.25, -0.2) is 0 Å². The first-order valence-corrected chi connectivity index (χ1v) is 7.45. The summed E-state index contributed by atoms with van der Waals surface area (Å²) in [6, 6.07) is 7.03. The number of nitrogens with one attached hydrogen (secondary N) is 1. The van der Waals surface area contributed by atoms with Gasteiger partial charge in [0, 0.05) is 36.9 Å². The first kappa shape index (κ1) is 13.1. The van der Waals surface area contributed by atoms with E-state index >= 15 is 0 Å². The summed E-state index contributed by atoms with van der Waals surface area (Å²) in [6.07, 6.45) is 2.82. The molecule has 1 atom stereocenters. The summed E-state index contributed by atoms with van der Waals surface area (Å²) in [4.78, 5) is 7.26. The topological polar surface area (TPSA) is 28.2 Å². The van der Waals surface area contributed by atoms with Crippen LogP contribution in [0, 0.1) is 12.8 Å². The molecule has 104 valence electrons. The monoisotopic (exact) mass is 259 g/mol. The van der Waals surface area contributed by atoms with Crippen molar-refractivity contribution >= 4 is 0 Å². The van der Waals surface area contributed by atoms with E-state index in [1.165, 1.54) is 18.5 Å². The maximum Gasteiger partial charge on any atom is 0.0547 e. The third-order valence-electron chi connectivity index (χ3n) is 4.56. The average Bonchev–Trinajstić information content (AvgIpc) is 3.16. The average molecular weight is 259 g/mol. The number of rotatable bonds is 3. The molecule has 1 aliphatic heterocycles. The summed E-state index contributed by atoms with van der Waals surface area (Å²) in [7, 11) is 0. The van der Waals surface area contributed by atoms with Crippen LogP contribution < -0.4 is 5.32 Å². The van der Waals surface area contributed by atoms with Gasteiger partial charge in [-0.1, -0.05) is 6.07 Å². The molecule has 1 aromatic heterocycles. The highest BCUT2D eigenvalue weighted by molar-refractivity contribution is 5.11. The van der Waals surface area contributed by atoms with Gasteiger partial charge in [0.25, 0.3) is 0 Å². The number of hydrogen-bond acceptors (Lipinski definition) is 3. The minimum atomic E-state index is 0.219. The molecule has 1 saturated carbocycles. The highest BCUT2D eigenvalue weighted by Crippen LogP contribution is 2.35. The minimum absolute atomic E-state index is 0.219. The van der Waals surface area contributed by atoms with Gasteiger partial charge >= 0.3 is 0 Å². The zero-order valence-electron chi connectivity index (χ0n) is 12.3. The molecule has 2 aliphatic rings. The van der Waals surface area contributed by atoms with Crippen LogP contribution in [-0.4, -0.2) is 34.6 Å². The molecule has 2 fully saturated rings. The first-order chi connectivity index (χ1) is 9.04. The molecular weight excluding hydrogens is 234 g/mol. The second kappa shape index (κ2) is 4.88. The summed E-state index contributed by atoms with van der Waals surface area (Å²) < 4.78 is 0. The molecule has 3 nitrogen and oxygen atoms in total. The Morgan fingerprint density at radius 3 is 2.84 bits per heavy atom. The van der Waals surface area contributed by atoms with Crippen molar-refractivity contribution in [1.82, 2.24) is 15.2 Å². The maximum absolute atomic E-state index is 4.66. The lowest BCUT2D eigenvalue weighted by Crippen LogP contribution is -2.62. The van der Waals surface area contributed by atoms with Gasteiger partial charge in [0.15, 0.2) is 0 Å². The van der Waals surface area contributed by atoms with Gasteiger partial charge < -0.3 is 5.32 Å². The Labute approximate surface area is 116 Å². The predicted molar refractivity (Wildman–Crippen MR) is 78.0 cm³/mol. The molecule has 2 heterocycles. The van der Waals surface area contributed by atoms with E-state index in [9.17, 15) is 0 Å². The fourth-order valence-electron chi connectivity index (χ4n) is 3.02. The zero-order valence-corrected chi connectivity index (χ0v) is 12.3. The molecule has 0 spiro atoms. The molecule has 1 unspecified atom stereocenters.